The zero-order valence-corrected chi connectivity index (χ0v) is 8.06. The summed E-state index contributed by atoms with van der Waals surface area (Å²) < 4.78 is 0. The van der Waals surface area contributed by atoms with Gasteiger partial charge in [-0.3, -0.25) is 14.5 Å². The van der Waals surface area contributed by atoms with Crippen LogP contribution in [0.25, 0.3) is 0 Å². The lowest BCUT2D eigenvalue weighted by Crippen LogP contribution is -2.38. The maximum Gasteiger partial charge on any atom is 0.317 e. The smallest absolute Gasteiger partial charge is 0.317 e. The van der Waals surface area contributed by atoms with E-state index in [0.29, 0.717) is 0 Å². The highest BCUT2D eigenvalue weighted by Crippen LogP contribution is 1.98. The van der Waals surface area contributed by atoms with Crippen molar-refractivity contribution in [1.29, 1.82) is 0 Å². The molecule has 0 saturated heterocycles. The van der Waals surface area contributed by atoms with Crippen molar-refractivity contribution in [2.75, 3.05) is 19.6 Å². The topological polar surface area (TPSA) is 83.6 Å². The molecule has 3 N–H and O–H groups in total. The second-order valence-corrected chi connectivity index (χ2v) is 3.07. The van der Waals surface area contributed by atoms with Crippen molar-refractivity contribution in [3.05, 3.63) is 0 Å². The number of nitrogens with zero attached hydrogens (tertiary/aromatic N) is 1. The largest absolute Gasteiger partial charge is 0.480 e. The quantitative estimate of drug-likeness (QED) is 0.543. The van der Waals surface area contributed by atoms with Gasteiger partial charge in [-0.1, -0.05) is 12.8 Å². The Kier molecular flexibility index (Phi) is 5.34. The number of hydrogen-bond acceptors (Lipinski definition) is 3. The van der Waals surface area contributed by atoms with Crippen molar-refractivity contribution in [3.63, 3.8) is 0 Å². The molecular weight excluding hydrogens is 184 g/mol. The zero-order chi connectivity index (χ0) is 11.1. The van der Waals surface area contributed by atoms with Crippen molar-refractivity contribution in [3.8, 4) is 12.3 Å². The van der Waals surface area contributed by atoms with Crippen LogP contribution in [0.15, 0.2) is 0 Å². The van der Waals surface area contributed by atoms with E-state index in [1.807, 2.05) is 0 Å². The highest BCUT2D eigenvalue weighted by Gasteiger charge is 2.15. The molecule has 0 spiro atoms. The van der Waals surface area contributed by atoms with E-state index in [9.17, 15) is 9.59 Å². The van der Waals surface area contributed by atoms with E-state index in [4.69, 9.17) is 17.3 Å². The van der Waals surface area contributed by atoms with Gasteiger partial charge < -0.3 is 10.8 Å². The van der Waals surface area contributed by atoms with Crippen molar-refractivity contribution in [2.24, 2.45) is 11.7 Å². The van der Waals surface area contributed by atoms with Crippen molar-refractivity contribution in [2.45, 2.75) is 6.92 Å². The molecule has 1 amide bonds. The molecule has 0 aromatic carbocycles. The normalized spacial score (nSPS) is 12.1. The van der Waals surface area contributed by atoms with Gasteiger partial charge in [-0.15, -0.1) is 6.42 Å². The summed E-state index contributed by atoms with van der Waals surface area (Å²) in [6.07, 6.45) is 5.06. The summed E-state index contributed by atoms with van der Waals surface area (Å²) in [6, 6.07) is 0. The van der Waals surface area contributed by atoms with E-state index in [0.717, 1.165) is 0 Å². The Balaban J connectivity index is 4.16. The van der Waals surface area contributed by atoms with Gasteiger partial charge in [0.15, 0.2) is 0 Å². The van der Waals surface area contributed by atoms with Gasteiger partial charge in [-0.2, -0.15) is 0 Å². The second kappa shape index (κ2) is 6.00. The Hall–Kier alpha value is -1.54. The highest BCUT2D eigenvalue weighted by molar-refractivity contribution is 5.76. The minimum absolute atomic E-state index is 0.179. The minimum Gasteiger partial charge on any atom is -0.480 e. The van der Waals surface area contributed by atoms with Crippen LogP contribution in [-0.2, 0) is 9.59 Å². The second-order valence-electron chi connectivity index (χ2n) is 3.07. The molecule has 0 heterocycles. The average Bonchev–Trinajstić information content (AvgIpc) is 2.02. The number of carbonyl (C=O) groups excluding carboxylic acids is 1. The summed E-state index contributed by atoms with van der Waals surface area (Å²) in [6.45, 7) is 1.92. The fourth-order valence-corrected chi connectivity index (χ4v) is 0.983. The summed E-state index contributed by atoms with van der Waals surface area (Å²) in [5.74, 6) is 0.492. The number of nitrogens with two attached hydrogens (primary N) is 1. The fourth-order valence-electron chi connectivity index (χ4n) is 0.983. The van der Waals surface area contributed by atoms with Gasteiger partial charge in [-0.05, 0) is 0 Å². The molecule has 0 bridgehead atoms. The number of amides is 1. The first-order valence-corrected chi connectivity index (χ1v) is 4.14. The molecular formula is C9H14N2O3. The van der Waals surface area contributed by atoms with E-state index in [-0.39, 0.29) is 19.6 Å². The third-order valence-corrected chi connectivity index (χ3v) is 1.69. The van der Waals surface area contributed by atoms with E-state index in [1.54, 1.807) is 6.92 Å². The van der Waals surface area contributed by atoms with Gasteiger partial charge in [0.2, 0.25) is 5.91 Å². The molecule has 0 saturated carbocycles. The van der Waals surface area contributed by atoms with Gasteiger partial charge in [-0.25, -0.2) is 0 Å². The molecule has 5 heteroatoms. The first-order chi connectivity index (χ1) is 6.47. The third-order valence-electron chi connectivity index (χ3n) is 1.69. The summed E-state index contributed by atoms with van der Waals surface area (Å²) in [5.41, 5.74) is 5.05. The molecule has 0 aliphatic carbocycles. The molecule has 0 aliphatic heterocycles. The van der Waals surface area contributed by atoms with Crippen LogP contribution in [0.2, 0.25) is 0 Å². The average molecular weight is 198 g/mol. The van der Waals surface area contributed by atoms with Crippen LogP contribution in [0, 0.1) is 18.3 Å². The molecule has 0 fully saturated rings. The number of carboxylic acids is 1. The third kappa shape index (κ3) is 5.17. The number of hydrogen-bond donors (Lipinski definition) is 2. The van der Waals surface area contributed by atoms with Gasteiger partial charge in [0, 0.05) is 12.5 Å². The molecule has 0 aromatic heterocycles. The predicted molar refractivity (Wildman–Crippen MR) is 51.3 cm³/mol. The Morgan fingerprint density at radius 1 is 1.64 bits per heavy atom. The summed E-state index contributed by atoms with van der Waals surface area (Å²) >= 11 is 0. The molecule has 5 nitrogen and oxygen atoms in total. The van der Waals surface area contributed by atoms with Crippen molar-refractivity contribution < 1.29 is 14.7 Å². The number of carboxylic acid groups (broad SMARTS) is 1. The van der Waals surface area contributed by atoms with Crippen LogP contribution >= 0.6 is 0 Å². The van der Waals surface area contributed by atoms with Gasteiger partial charge >= 0.3 is 5.97 Å². The van der Waals surface area contributed by atoms with Crippen LogP contribution in [0.4, 0.5) is 0 Å². The van der Waals surface area contributed by atoms with Crippen LogP contribution in [0.1, 0.15) is 6.92 Å². The lowest BCUT2D eigenvalue weighted by Gasteiger charge is -2.19. The Labute approximate surface area is 82.9 Å². The Morgan fingerprint density at radius 3 is 2.57 bits per heavy atom. The minimum atomic E-state index is -0.975. The molecule has 0 radical (unpaired) electrons. The van der Waals surface area contributed by atoms with E-state index in [1.165, 1.54) is 4.90 Å². The molecule has 0 rings (SSSR count). The number of terminal acetylenes is 1. The van der Waals surface area contributed by atoms with Crippen molar-refractivity contribution >= 4 is 11.9 Å². The van der Waals surface area contributed by atoms with E-state index in [2.05, 4.69) is 5.92 Å². The molecule has 14 heavy (non-hydrogen) atoms. The monoisotopic (exact) mass is 198 g/mol. The van der Waals surface area contributed by atoms with Gasteiger partial charge in [0.25, 0.3) is 0 Å². The summed E-state index contributed by atoms with van der Waals surface area (Å²) in [4.78, 5) is 22.6. The SMILES string of the molecule is C#CCN(CC(=O)O)CC(C)C(N)=O. The number of primary amides is 1. The van der Waals surface area contributed by atoms with Crippen LogP contribution in [-0.4, -0.2) is 41.5 Å². The first kappa shape index (κ1) is 12.5. The number of aliphatic carboxylic acids is 1. The first-order valence-electron chi connectivity index (χ1n) is 4.14. The molecule has 1 unspecified atom stereocenters. The molecule has 1 atom stereocenters. The van der Waals surface area contributed by atoms with Crippen LogP contribution in [0.3, 0.4) is 0 Å². The van der Waals surface area contributed by atoms with Crippen LogP contribution in [0.5, 0.6) is 0 Å². The lowest BCUT2D eigenvalue weighted by atomic mass is 10.1. The lowest BCUT2D eigenvalue weighted by molar-refractivity contribution is -0.138. The molecule has 0 aliphatic rings. The van der Waals surface area contributed by atoms with E-state index >= 15 is 0 Å². The highest BCUT2D eigenvalue weighted by atomic mass is 16.4. The summed E-state index contributed by atoms with van der Waals surface area (Å²) in [5, 5.41) is 8.54. The van der Waals surface area contributed by atoms with Crippen LogP contribution < -0.4 is 5.73 Å². The fraction of sp³-hybridized carbons (Fsp3) is 0.556. The molecule has 0 aromatic rings. The maximum atomic E-state index is 10.7. The zero-order valence-electron chi connectivity index (χ0n) is 8.06. The predicted octanol–water partition coefficient (Wildman–Crippen LogP) is -0.872. The Bertz CT molecular complexity index is 257. The number of rotatable bonds is 6. The van der Waals surface area contributed by atoms with Gasteiger partial charge in [0.1, 0.15) is 0 Å². The standard InChI is InChI=1S/C9H14N2O3/c1-3-4-11(6-8(12)13)5-7(2)9(10)14/h1,7H,4-6H2,2H3,(H2,10,14)(H,12,13). The number of carbonyl (C=O) groups is 2. The molecule has 78 valence electrons. The van der Waals surface area contributed by atoms with E-state index < -0.39 is 17.8 Å². The van der Waals surface area contributed by atoms with Gasteiger partial charge in [0.05, 0.1) is 13.1 Å². The summed E-state index contributed by atoms with van der Waals surface area (Å²) in [7, 11) is 0. The maximum absolute atomic E-state index is 10.7. The Morgan fingerprint density at radius 2 is 2.21 bits per heavy atom. The van der Waals surface area contributed by atoms with Crippen molar-refractivity contribution in [1.82, 2.24) is 4.90 Å².